The number of allylic oxidation sites excluding steroid dienone is 5. The van der Waals surface area contributed by atoms with Gasteiger partial charge in [-0.25, -0.2) is 4.39 Å². The molecule has 0 aliphatic carbocycles. The fourth-order valence-electron chi connectivity index (χ4n) is 4.11. The third-order valence-corrected chi connectivity index (χ3v) is 6.00. The van der Waals surface area contributed by atoms with Crippen LogP contribution in [0.2, 0.25) is 0 Å². The molecule has 4 heteroatoms. The van der Waals surface area contributed by atoms with Crippen LogP contribution < -0.4 is 0 Å². The van der Waals surface area contributed by atoms with Crippen LogP contribution in [-0.2, 0) is 12.8 Å². The van der Waals surface area contributed by atoms with Crippen LogP contribution in [-0.4, -0.2) is 10.8 Å². The van der Waals surface area contributed by atoms with E-state index in [1.54, 1.807) is 12.1 Å². The van der Waals surface area contributed by atoms with E-state index >= 15 is 0 Å². The summed E-state index contributed by atoms with van der Waals surface area (Å²) in [5, 5.41) is 9.52. The molecule has 0 fully saturated rings. The van der Waals surface area contributed by atoms with E-state index in [9.17, 15) is 14.4 Å². The number of pyridine rings is 1. The monoisotopic (exact) mass is 482 g/mol. The fraction of sp³-hybridized carbons (Fsp3) is 0.219. The van der Waals surface area contributed by atoms with Crippen molar-refractivity contribution in [3.8, 4) is 17.3 Å². The summed E-state index contributed by atoms with van der Waals surface area (Å²) in [6.45, 7) is 5.82. The van der Waals surface area contributed by atoms with Crippen molar-refractivity contribution in [2.45, 2.75) is 45.4 Å². The Morgan fingerprint density at radius 3 is 2.67 bits per heavy atom. The Morgan fingerprint density at radius 2 is 1.92 bits per heavy atom. The molecule has 2 aromatic carbocycles. The van der Waals surface area contributed by atoms with Crippen LogP contribution in [0.3, 0.4) is 0 Å². The van der Waals surface area contributed by atoms with Crippen molar-refractivity contribution in [2.24, 2.45) is 0 Å². The molecule has 3 rings (SSSR count). The first-order valence-electron chi connectivity index (χ1n) is 12.3. The maximum Gasteiger partial charge on any atom is 0.164 e. The van der Waals surface area contributed by atoms with Crippen molar-refractivity contribution in [1.82, 2.24) is 4.98 Å². The molecular weight excluding hydrogens is 447 g/mol. The molecule has 3 nitrogen and oxygen atoms in total. The highest BCUT2D eigenvalue weighted by Gasteiger charge is 2.16. The van der Waals surface area contributed by atoms with E-state index in [-0.39, 0.29) is 14.5 Å². The molecule has 0 radical (unpaired) electrons. The molecule has 0 unspecified atom stereocenters. The smallest absolute Gasteiger partial charge is 0.164 e. The van der Waals surface area contributed by atoms with Gasteiger partial charge in [0.25, 0.3) is 0 Å². The summed E-state index contributed by atoms with van der Waals surface area (Å²) in [7, 11) is 0. The maximum atomic E-state index is 13.6. The molecule has 0 aliphatic heterocycles. The Bertz CT molecular complexity index is 1330. The molecule has 1 heterocycles. The Kier molecular flexibility index (Phi) is 10.1. The number of halogens is 1. The zero-order valence-corrected chi connectivity index (χ0v) is 20.7. The van der Waals surface area contributed by atoms with E-state index in [4.69, 9.17) is 4.98 Å². The SMILES string of the molecule is C=C/C(=C\C=C/C)CCCC(=O)c1ccc(-c2ccccc2C#N)nc1CCCc1cccc(F)c1.[HH].[HH]. The molecule has 0 N–H and O–H groups in total. The molecule has 0 bridgehead atoms. The number of Topliss-reactive ketones (excluding diaryl/α,β-unsaturated/α-hetero) is 1. The highest BCUT2D eigenvalue weighted by molar-refractivity contribution is 5.97. The van der Waals surface area contributed by atoms with Crippen molar-refractivity contribution in [3.63, 3.8) is 0 Å². The molecule has 186 valence electrons. The summed E-state index contributed by atoms with van der Waals surface area (Å²) >= 11 is 0. The largest absolute Gasteiger partial charge is 0.294 e. The molecule has 0 atom stereocenters. The third-order valence-electron chi connectivity index (χ3n) is 6.00. The Labute approximate surface area is 216 Å². The van der Waals surface area contributed by atoms with Crippen molar-refractivity contribution in [2.75, 3.05) is 0 Å². The van der Waals surface area contributed by atoms with Crippen molar-refractivity contribution in [1.29, 1.82) is 5.26 Å². The number of hydrogen-bond acceptors (Lipinski definition) is 3. The molecule has 0 saturated carbocycles. The lowest BCUT2D eigenvalue weighted by Crippen LogP contribution is -2.08. The van der Waals surface area contributed by atoms with Crippen molar-refractivity contribution < 1.29 is 12.0 Å². The molecular formula is C32H35FN2O. The number of aromatic nitrogens is 1. The highest BCUT2D eigenvalue weighted by atomic mass is 19.1. The van der Waals surface area contributed by atoms with Gasteiger partial charge < -0.3 is 0 Å². The number of hydrogen-bond donors (Lipinski definition) is 0. The minimum absolute atomic E-state index is 0. The van der Waals surface area contributed by atoms with Gasteiger partial charge in [-0.2, -0.15) is 5.26 Å². The average molecular weight is 483 g/mol. The summed E-state index contributed by atoms with van der Waals surface area (Å²) < 4.78 is 13.6. The zero-order chi connectivity index (χ0) is 25.8. The molecule has 1 aromatic heterocycles. The van der Waals surface area contributed by atoms with Crippen LogP contribution in [0.4, 0.5) is 4.39 Å². The van der Waals surface area contributed by atoms with Gasteiger partial charge in [0.05, 0.1) is 23.0 Å². The summed E-state index contributed by atoms with van der Waals surface area (Å²) in [6.07, 6.45) is 11.7. The van der Waals surface area contributed by atoms with Gasteiger partial charge in [0, 0.05) is 20.4 Å². The van der Waals surface area contributed by atoms with Gasteiger partial charge in [-0.05, 0) is 80.5 Å². The summed E-state index contributed by atoms with van der Waals surface area (Å²) in [6, 6.07) is 19.8. The van der Waals surface area contributed by atoms with Crippen molar-refractivity contribution >= 4 is 5.78 Å². The Balaban J connectivity index is 0.00000361. The van der Waals surface area contributed by atoms with Crippen molar-refractivity contribution in [3.05, 3.63) is 125 Å². The molecule has 0 saturated heterocycles. The fourth-order valence-corrected chi connectivity index (χ4v) is 4.11. The minimum atomic E-state index is -0.251. The molecule has 0 spiro atoms. The van der Waals surface area contributed by atoms with Gasteiger partial charge >= 0.3 is 0 Å². The van der Waals surface area contributed by atoms with Gasteiger partial charge in [-0.3, -0.25) is 9.78 Å². The second kappa shape index (κ2) is 13.7. The van der Waals surface area contributed by atoms with Crippen LogP contribution in [0.5, 0.6) is 0 Å². The van der Waals surface area contributed by atoms with Gasteiger partial charge in [-0.15, -0.1) is 0 Å². The lowest BCUT2D eigenvalue weighted by Gasteiger charge is -2.12. The normalized spacial score (nSPS) is 11.4. The lowest BCUT2D eigenvalue weighted by molar-refractivity contribution is 0.0979. The number of carbonyl (C=O) groups excluding carboxylic acids is 1. The molecule has 0 aliphatic rings. The van der Waals surface area contributed by atoms with Crippen LogP contribution >= 0.6 is 0 Å². The third kappa shape index (κ3) is 7.45. The number of nitrogens with zero attached hydrogens (tertiary/aromatic N) is 2. The van der Waals surface area contributed by atoms with Gasteiger partial charge in [-0.1, -0.05) is 61.2 Å². The Hall–Kier alpha value is -4.10. The van der Waals surface area contributed by atoms with E-state index < -0.39 is 0 Å². The standard InChI is InChI=1S/C32H31FN2O.2H2/c1-3-5-11-24(4-2)12-10-19-32(36)29-20-21-31(28-17-7-6-15-26(28)23-34)35-30(29)18-9-14-25-13-8-16-27(33)22-25;;/h3-8,11,13,15-17,20-22H,2,9-10,12,14,18-19H2,1H3;2*1H/b5-3-,24-11+;;. The predicted octanol–water partition coefficient (Wildman–Crippen LogP) is 8.47. The Morgan fingerprint density at radius 1 is 1.08 bits per heavy atom. The van der Waals surface area contributed by atoms with E-state index in [2.05, 4.69) is 12.6 Å². The average Bonchev–Trinajstić information content (AvgIpc) is 2.90. The summed E-state index contributed by atoms with van der Waals surface area (Å²) in [4.78, 5) is 18.0. The molecule has 36 heavy (non-hydrogen) atoms. The van der Waals surface area contributed by atoms with E-state index in [0.29, 0.717) is 36.1 Å². The number of nitriles is 1. The molecule has 3 aromatic rings. The van der Waals surface area contributed by atoms with Crippen LogP contribution in [0.15, 0.2) is 97.1 Å². The molecule has 0 amide bonds. The number of aryl methyl sites for hydroxylation is 2. The first-order valence-corrected chi connectivity index (χ1v) is 12.3. The topological polar surface area (TPSA) is 53.8 Å². The number of rotatable bonds is 12. The van der Waals surface area contributed by atoms with Gasteiger partial charge in [0.1, 0.15) is 5.82 Å². The number of carbonyl (C=O) groups is 1. The number of benzene rings is 2. The lowest BCUT2D eigenvalue weighted by atomic mass is 9.96. The van der Waals surface area contributed by atoms with Crippen LogP contribution in [0.1, 0.15) is 62.6 Å². The van der Waals surface area contributed by atoms with E-state index in [1.165, 1.54) is 12.1 Å². The second-order valence-electron chi connectivity index (χ2n) is 8.58. The second-order valence-corrected chi connectivity index (χ2v) is 8.58. The van der Waals surface area contributed by atoms with Gasteiger partial charge in [0.15, 0.2) is 5.78 Å². The summed E-state index contributed by atoms with van der Waals surface area (Å²) in [5.74, 6) is -0.197. The highest BCUT2D eigenvalue weighted by Crippen LogP contribution is 2.25. The quantitative estimate of drug-likeness (QED) is 0.192. The van der Waals surface area contributed by atoms with Gasteiger partial charge in [0.2, 0.25) is 0 Å². The van der Waals surface area contributed by atoms with Crippen LogP contribution in [0, 0.1) is 17.1 Å². The number of ketones is 1. The zero-order valence-electron chi connectivity index (χ0n) is 20.7. The first kappa shape index (κ1) is 26.5. The van der Waals surface area contributed by atoms with Crippen LogP contribution in [0.25, 0.3) is 11.3 Å². The predicted molar refractivity (Wildman–Crippen MR) is 148 cm³/mol. The maximum absolute atomic E-state index is 13.6. The minimum Gasteiger partial charge on any atom is -0.294 e. The van der Waals surface area contributed by atoms with E-state index in [0.717, 1.165) is 41.7 Å². The summed E-state index contributed by atoms with van der Waals surface area (Å²) in [5.41, 5.74) is 5.30. The van der Waals surface area contributed by atoms with E-state index in [1.807, 2.05) is 67.6 Å². The first-order chi connectivity index (χ1) is 17.5.